The van der Waals surface area contributed by atoms with Gasteiger partial charge in [0.15, 0.2) is 0 Å². The highest BCUT2D eigenvalue weighted by Crippen LogP contribution is 2.42. The Kier molecular flexibility index (Phi) is 6.48. The Morgan fingerprint density at radius 2 is 1.74 bits per heavy atom. The van der Waals surface area contributed by atoms with Gasteiger partial charge in [-0.25, -0.2) is 4.79 Å². The second kappa shape index (κ2) is 7.89. The van der Waals surface area contributed by atoms with Crippen molar-refractivity contribution in [1.29, 1.82) is 0 Å². The number of carbonyl (C=O) groups excluding carboxylic acids is 1. The smallest absolute Gasteiger partial charge is 0.457 e. The molecule has 0 unspecified atom stereocenters. The summed E-state index contributed by atoms with van der Waals surface area (Å²) in [7, 11) is 0. The second-order valence-corrected chi connectivity index (χ2v) is 4.51. The van der Waals surface area contributed by atoms with Crippen molar-refractivity contribution in [1.82, 2.24) is 0 Å². The minimum absolute atomic E-state index is 0.125. The lowest BCUT2D eigenvalue weighted by molar-refractivity contribution is -0.264. The number of allylic oxidation sites excluding steroid dienone is 2. The Bertz CT molecular complexity index is 574. The molecule has 23 heavy (non-hydrogen) atoms. The number of rotatable bonds is 6. The predicted octanol–water partition coefficient (Wildman–Crippen LogP) is 4.78. The first-order chi connectivity index (χ1) is 10.7. The minimum atomic E-state index is -5.79. The quantitative estimate of drug-likeness (QED) is 0.425. The van der Waals surface area contributed by atoms with Crippen LogP contribution in [0, 0.1) is 0 Å². The molecule has 0 atom stereocenters. The summed E-state index contributed by atoms with van der Waals surface area (Å²) in [6.45, 7) is 1.29. The van der Waals surface area contributed by atoms with Gasteiger partial charge in [0.25, 0.3) is 0 Å². The van der Waals surface area contributed by atoms with Gasteiger partial charge in [0.1, 0.15) is 0 Å². The number of hydrogen-bond acceptors (Lipinski definition) is 2. The molecule has 7 heteroatoms. The van der Waals surface area contributed by atoms with Gasteiger partial charge in [-0.05, 0) is 18.9 Å². The molecule has 0 heterocycles. The van der Waals surface area contributed by atoms with Crippen molar-refractivity contribution in [3.8, 4) is 0 Å². The van der Waals surface area contributed by atoms with Crippen molar-refractivity contribution in [2.24, 2.45) is 0 Å². The summed E-state index contributed by atoms with van der Waals surface area (Å²) in [6, 6.07) is 8.44. The first-order valence-corrected chi connectivity index (χ1v) is 6.72. The highest BCUT2D eigenvalue weighted by molar-refractivity contribution is 5.83. The maximum Gasteiger partial charge on any atom is 0.457 e. The van der Waals surface area contributed by atoms with Gasteiger partial charge in [0.2, 0.25) is 0 Å². The lowest BCUT2D eigenvalue weighted by Crippen LogP contribution is -2.38. The summed E-state index contributed by atoms with van der Waals surface area (Å²) in [5.41, 5.74) is -0.728. The molecule has 0 aliphatic rings. The largest absolute Gasteiger partial charge is 0.463 e. The average Bonchev–Trinajstić information content (AvgIpc) is 2.46. The van der Waals surface area contributed by atoms with Crippen molar-refractivity contribution < 1.29 is 31.5 Å². The lowest BCUT2D eigenvalue weighted by Gasteiger charge is -2.21. The first kappa shape index (κ1) is 18.9. The van der Waals surface area contributed by atoms with Crippen LogP contribution < -0.4 is 0 Å². The summed E-state index contributed by atoms with van der Waals surface area (Å²) in [4.78, 5) is 11.2. The zero-order valence-electron chi connectivity index (χ0n) is 12.2. The molecule has 1 aromatic rings. The average molecular weight is 334 g/mol. The number of ether oxygens (including phenoxy) is 1. The highest BCUT2D eigenvalue weighted by atomic mass is 19.4. The molecular formula is C16H15F5O2. The minimum Gasteiger partial charge on any atom is -0.463 e. The van der Waals surface area contributed by atoms with Crippen molar-refractivity contribution in [2.45, 2.75) is 25.4 Å². The van der Waals surface area contributed by atoms with E-state index in [1.54, 1.807) is 30.3 Å². The molecule has 0 aliphatic carbocycles. The summed E-state index contributed by atoms with van der Waals surface area (Å²) < 4.78 is 68.9. The molecular weight excluding hydrogens is 319 g/mol. The Morgan fingerprint density at radius 3 is 2.26 bits per heavy atom. The van der Waals surface area contributed by atoms with E-state index in [1.165, 1.54) is 13.0 Å². The Balaban J connectivity index is 3.01. The SMILES string of the molecule is CCOC(=O)/C=C(\C/C=C/c1ccccc1)C(F)(F)C(F)(F)F. The van der Waals surface area contributed by atoms with E-state index in [0.29, 0.717) is 5.56 Å². The molecule has 0 spiro atoms. The molecule has 0 fully saturated rings. The van der Waals surface area contributed by atoms with Crippen LogP contribution in [0.15, 0.2) is 48.1 Å². The number of carbonyl (C=O) groups is 1. The van der Waals surface area contributed by atoms with Crippen molar-refractivity contribution >= 4 is 12.0 Å². The number of hydrogen-bond donors (Lipinski definition) is 0. The van der Waals surface area contributed by atoms with Gasteiger partial charge in [-0.15, -0.1) is 0 Å². The fourth-order valence-electron chi connectivity index (χ4n) is 1.67. The molecule has 0 radical (unpaired) electrons. The molecule has 0 N–H and O–H groups in total. The molecule has 0 amide bonds. The van der Waals surface area contributed by atoms with Gasteiger partial charge in [-0.2, -0.15) is 22.0 Å². The van der Waals surface area contributed by atoms with Gasteiger partial charge >= 0.3 is 18.1 Å². The zero-order chi connectivity index (χ0) is 17.5. The molecule has 0 saturated heterocycles. The van der Waals surface area contributed by atoms with E-state index < -0.39 is 30.1 Å². The predicted molar refractivity (Wildman–Crippen MR) is 75.8 cm³/mol. The Labute approximate surface area is 130 Å². The summed E-state index contributed by atoms with van der Waals surface area (Å²) in [6.07, 6.45) is -3.79. The first-order valence-electron chi connectivity index (χ1n) is 6.72. The molecule has 0 aromatic heterocycles. The van der Waals surface area contributed by atoms with Crippen LogP contribution in [0.1, 0.15) is 18.9 Å². The van der Waals surface area contributed by atoms with E-state index in [0.717, 1.165) is 6.08 Å². The van der Waals surface area contributed by atoms with Gasteiger partial charge in [0, 0.05) is 11.6 Å². The topological polar surface area (TPSA) is 26.3 Å². The van der Waals surface area contributed by atoms with E-state index in [1.807, 2.05) is 0 Å². The third-order valence-electron chi connectivity index (χ3n) is 2.79. The highest BCUT2D eigenvalue weighted by Gasteiger charge is 2.59. The van der Waals surface area contributed by atoms with Crippen LogP contribution in [0.4, 0.5) is 22.0 Å². The fraction of sp³-hybridized carbons (Fsp3) is 0.312. The van der Waals surface area contributed by atoms with Crippen LogP contribution >= 0.6 is 0 Å². The fourth-order valence-corrected chi connectivity index (χ4v) is 1.67. The summed E-state index contributed by atoms with van der Waals surface area (Å²) in [5.74, 6) is -6.35. The molecule has 0 aliphatic heterocycles. The van der Waals surface area contributed by atoms with Crippen LogP contribution in [-0.2, 0) is 9.53 Å². The number of esters is 1. The van der Waals surface area contributed by atoms with Gasteiger partial charge in [-0.3, -0.25) is 0 Å². The zero-order valence-corrected chi connectivity index (χ0v) is 12.2. The van der Waals surface area contributed by atoms with E-state index >= 15 is 0 Å². The van der Waals surface area contributed by atoms with Crippen LogP contribution in [0.25, 0.3) is 6.08 Å². The van der Waals surface area contributed by atoms with Crippen molar-refractivity contribution in [3.63, 3.8) is 0 Å². The van der Waals surface area contributed by atoms with E-state index in [-0.39, 0.29) is 12.7 Å². The summed E-state index contributed by atoms with van der Waals surface area (Å²) >= 11 is 0. The summed E-state index contributed by atoms with van der Waals surface area (Å²) in [5, 5.41) is 0. The number of alkyl halides is 5. The molecule has 0 bridgehead atoms. The normalized spacial score (nSPS) is 13.4. The molecule has 1 aromatic carbocycles. The molecule has 126 valence electrons. The third kappa shape index (κ3) is 5.50. The van der Waals surface area contributed by atoms with Crippen molar-refractivity contribution in [3.05, 3.63) is 53.6 Å². The number of benzene rings is 1. The standard InChI is InChI=1S/C16H15F5O2/c1-2-23-14(22)11-13(15(17,18)16(19,20)21)10-6-9-12-7-4-3-5-8-12/h3-9,11H,2,10H2,1H3/b9-6+,13-11+. The molecule has 2 nitrogen and oxygen atoms in total. The Hall–Kier alpha value is -2.18. The monoisotopic (exact) mass is 334 g/mol. The maximum atomic E-state index is 13.5. The molecule has 1 rings (SSSR count). The van der Waals surface area contributed by atoms with Crippen LogP contribution in [0.2, 0.25) is 0 Å². The van der Waals surface area contributed by atoms with Gasteiger partial charge in [-0.1, -0.05) is 42.5 Å². The molecule has 0 saturated carbocycles. The van der Waals surface area contributed by atoms with Crippen LogP contribution in [0.3, 0.4) is 0 Å². The van der Waals surface area contributed by atoms with E-state index in [9.17, 15) is 26.7 Å². The van der Waals surface area contributed by atoms with E-state index in [2.05, 4.69) is 4.74 Å². The third-order valence-corrected chi connectivity index (χ3v) is 2.79. The Morgan fingerprint density at radius 1 is 1.13 bits per heavy atom. The van der Waals surface area contributed by atoms with Crippen LogP contribution in [-0.4, -0.2) is 24.7 Å². The number of halogens is 5. The van der Waals surface area contributed by atoms with Gasteiger partial charge < -0.3 is 4.74 Å². The van der Waals surface area contributed by atoms with Crippen molar-refractivity contribution in [2.75, 3.05) is 6.61 Å². The van der Waals surface area contributed by atoms with Gasteiger partial charge in [0.05, 0.1) is 6.61 Å². The maximum absolute atomic E-state index is 13.5. The van der Waals surface area contributed by atoms with Crippen LogP contribution in [0.5, 0.6) is 0 Å². The van der Waals surface area contributed by atoms with E-state index in [4.69, 9.17) is 0 Å². The lowest BCUT2D eigenvalue weighted by atomic mass is 10.0. The second-order valence-electron chi connectivity index (χ2n) is 4.51.